The quantitative estimate of drug-likeness (QED) is 0.750. The standard InChI is InChI=1S/C10H13NO2/c12-10(6-11-7-13-8-11)9-4-2-1-3-5-9/h1-5,10,12H,6-8H2/t10-/m1/s1. The van der Waals surface area contributed by atoms with E-state index in [0.717, 1.165) is 5.56 Å². The molecule has 0 bridgehead atoms. The Balaban J connectivity index is 1.92. The summed E-state index contributed by atoms with van der Waals surface area (Å²) in [6.45, 7) is 1.94. The van der Waals surface area contributed by atoms with Crippen molar-refractivity contribution in [3.8, 4) is 0 Å². The predicted molar refractivity (Wildman–Crippen MR) is 48.9 cm³/mol. The summed E-state index contributed by atoms with van der Waals surface area (Å²) in [5.74, 6) is 0. The van der Waals surface area contributed by atoms with Crippen molar-refractivity contribution in [1.82, 2.24) is 4.90 Å². The fourth-order valence-electron chi connectivity index (χ4n) is 1.35. The van der Waals surface area contributed by atoms with E-state index < -0.39 is 6.10 Å². The van der Waals surface area contributed by atoms with Gasteiger partial charge in [0.2, 0.25) is 0 Å². The average Bonchev–Trinajstić information content (AvgIpc) is 2.12. The lowest BCUT2D eigenvalue weighted by Crippen LogP contribution is -2.42. The van der Waals surface area contributed by atoms with Crippen LogP contribution in [-0.2, 0) is 4.74 Å². The van der Waals surface area contributed by atoms with Crippen LogP contribution in [0.1, 0.15) is 11.7 Å². The molecule has 1 aromatic rings. The van der Waals surface area contributed by atoms with Crippen molar-refractivity contribution >= 4 is 0 Å². The maximum atomic E-state index is 9.76. The molecule has 1 heterocycles. The Labute approximate surface area is 77.6 Å². The molecule has 1 aromatic carbocycles. The largest absolute Gasteiger partial charge is 0.387 e. The molecule has 3 nitrogen and oxygen atoms in total. The Kier molecular flexibility index (Phi) is 2.59. The van der Waals surface area contributed by atoms with Gasteiger partial charge in [0.25, 0.3) is 0 Å². The Hall–Kier alpha value is -0.900. The number of rotatable bonds is 3. The third kappa shape index (κ3) is 2.06. The fraction of sp³-hybridized carbons (Fsp3) is 0.400. The third-order valence-electron chi connectivity index (χ3n) is 2.16. The van der Waals surface area contributed by atoms with Crippen LogP contribution >= 0.6 is 0 Å². The van der Waals surface area contributed by atoms with Gasteiger partial charge in [0.1, 0.15) is 13.5 Å². The molecule has 0 aromatic heterocycles. The molecule has 1 aliphatic heterocycles. The molecule has 3 heteroatoms. The number of ether oxygens (including phenoxy) is 1. The van der Waals surface area contributed by atoms with Gasteiger partial charge in [-0.15, -0.1) is 0 Å². The van der Waals surface area contributed by atoms with Crippen LogP contribution < -0.4 is 0 Å². The second-order valence-electron chi connectivity index (χ2n) is 3.24. The van der Waals surface area contributed by atoms with Crippen molar-refractivity contribution < 1.29 is 9.84 Å². The molecular formula is C10H13NO2. The number of aliphatic hydroxyl groups is 1. The van der Waals surface area contributed by atoms with Gasteiger partial charge in [-0.1, -0.05) is 30.3 Å². The highest BCUT2D eigenvalue weighted by molar-refractivity contribution is 5.17. The lowest BCUT2D eigenvalue weighted by Gasteiger charge is -2.32. The molecular weight excluding hydrogens is 166 g/mol. The van der Waals surface area contributed by atoms with E-state index in [9.17, 15) is 5.11 Å². The van der Waals surface area contributed by atoms with Crippen molar-refractivity contribution in [2.75, 3.05) is 20.0 Å². The normalized spacial score (nSPS) is 19.5. The van der Waals surface area contributed by atoms with Crippen LogP contribution in [0, 0.1) is 0 Å². The number of β-amino-alcohol motifs (C(OH)–C–C–N with tert-alkyl or cyclic N) is 1. The number of nitrogens with zero attached hydrogens (tertiary/aromatic N) is 1. The van der Waals surface area contributed by atoms with E-state index in [1.54, 1.807) is 0 Å². The predicted octanol–water partition coefficient (Wildman–Crippen LogP) is 0.967. The molecule has 1 N–H and O–H groups in total. The van der Waals surface area contributed by atoms with Gasteiger partial charge in [-0.25, -0.2) is 0 Å². The maximum absolute atomic E-state index is 9.76. The van der Waals surface area contributed by atoms with E-state index in [1.165, 1.54) is 0 Å². The Bertz CT molecular complexity index is 259. The van der Waals surface area contributed by atoms with Gasteiger partial charge >= 0.3 is 0 Å². The lowest BCUT2D eigenvalue weighted by atomic mass is 10.1. The number of aliphatic hydroxyl groups excluding tert-OH is 1. The van der Waals surface area contributed by atoms with E-state index in [2.05, 4.69) is 4.90 Å². The van der Waals surface area contributed by atoms with Crippen LogP contribution in [0.4, 0.5) is 0 Å². The molecule has 0 aliphatic carbocycles. The lowest BCUT2D eigenvalue weighted by molar-refractivity contribution is -0.155. The van der Waals surface area contributed by atoms with Crippen molar-refractivity contribution in [3.63, 3.8) is 0 Å². The summed E-state index contributed by atoms with van der Waals surface area (Å²) in [5, 5.41) is 9.76. The first-order valence-electron chi connectivity index (χ1n) is 4.39. The molecule has 13 heavy (non-hydrogen) atoms. The first-order chi connectivity index (χ1) is 6.36. The van der Waals surface area contributed by atoms with E-state index in [0.29, 0.717) is 20.0 Å². The summed E-state index contributed by atoms with van der Waals surface area (Å²) in [5.41, 5.74) is 0.967. The topological polar surface area (TPSA) is 32.7 Å². The van der Waals surface area contributed by atoms with Gasteiger partial charge < -0.3 is 9.84 Å². The minimum absolute atomic E-state index is 0.398. The van der Waals surface area contributed by atoms with Gasteiger partial charge in [0.05, 0.1) is 6.10 Å². The van der Waals surface area contributed by atoms with Gasteiger partial charge in [-0.05, 0) is 5.56 Å². The molecule has 1 saturated heterocycles. The Morgan fingerprint density at radius 2 is 2.00 bits per heavy atom. The fourth-order valence-corrected chi connectivity index (χ4v) is 1.35. The number of hydrogen-bond acceptors (Lipinski definition) is 3. The molecule has 0 amide bonds. The third-order valence-corrected chi connectivity index (χ3v) is 2.16. The molecule has 1 aliphatic rings. The maximum Gasteiger partial charge on any atom is 0.103 e. The first-order valence-corrected chi connectivity index (χ1v) is 4.39. The summed E-state index contributed by atoms with van der Waals surface area (Å²) < 4.78 is 4.99. The molecule has 1 atom stereocenters. The summed E-state index contributed by atoms with van der Waals surface area (Å²) in [7, 11) is 0. The van der Waals surface area contributed by atoms with Crippen molar-refractivity contribution in [3.05, 3.63) is 35.9 Å². The van der Waals surface area contributed by atoms with Crippen LogP contribution in [0.15, 0.2) is 30.3 Å². The van der Waals surface area contributed by atoms with Gasteiger partial charge in [0.15, 0.2) is 0 Å². The molecule has 70 valence electrons. The summed E-state index contributed by atoms with van der Waals surface area (Å²) >= 11 is 0. The Morgan fingerprint density at radius 1 is 1.31 bits per heavy atom. The monoisotopic (exact) mass is 179 g/mol. The highest BCUT2D eigenvalue weighted by Crippen LogP contribution is 2.15. The van der Waals surface area contributed by atoms with E-state index in [-0.39, 0.29) is 0 Å². The van der Waals surface area contributed by atoms with E-state index in [1.807, 2.05) is 30.3 Å². The molecule has 0 unspecified atom stereocenters. The minimum atomic E-state index is -0.398. The minimum Gasteiger partial charge on any atom is -0.387 e. The molecule has 2 rings (SSSR count). The van der Waals surface area contributed by atoms with E-state index >= 15 is 0 Å². The number of benzene rings is 1. The van der Waals surface area contributed by atoms with Gasteiger partial charge in [-0.2, -0.15) is 0 Å². The zero-order valence-corrected chi connectivity index (χ0v) is 7.39. The van der Waals surface area contributed by atoms with Crippen molar-refractivity contribution in [2.24, 2.45) is 0 Å². The van der Waals surface area contributed by atoms with Gasteiger partial charge in [0, 0.05) is 6.54 Å². The van der Waals surface area contributed by atoms with Crippen LogP contribution in [0.2, 0.25) is 0 Å². The van der Waals surface area contributed by atoms with Gasteiger partial charge in [-0.3, -0.25) is 4.90 Å². The van der Waals surface area contributed by atoms with Crippen molar-refractivity contribution in [1.29, 1.82) is 0 Å². The number of hydrogen-bond donors (Lipinski definition) is 1. The van der Waals surface area contributed by atoms with Crippen molar-refractivity contribution in [2.45, 2.75) is 6.10 Å². The summed E-state index contributed by atoms with van der Waals surface area (Å²) in [6.07, 6.45) is -0.398. The molecule has 0 spiro atoms. The Morgan fingerprint density at radius 3 is 2.54 bits per heavy atom. The van der Waals surface area contributed by atoms with Crippen LogP contribution in [0.3, 0.4) is 0 Å². The zero-order chi connectivity index (χ0) is 9.10. The molecule has 0 radical (unpaired) electrons. The smallest absolute Gasteiger partial charge is 0.103 e. The molecule has 0 saturated carbocycles. The SMILES string of the molecule is O[C@H](CN1COC1)c1ccccc1. The molecule has 1 fully saturated rings. The second-order valence-corrected chi connectivity index (χ2v) is 3.24. The van der Waals surface area contributed by atoms with Crippen LogP contribution in [-0.4, -0.2) is 30.0 Å². The van der Waals surface area contributed by atoms with E-state index in [4.69, 9.17) is 4.74 Å². The highest BCUT2D eigenvalue weighted by atomic mass is 16.5. The zero-order valence-electron chi connectivity index (χ0n) is 7.39. The summed E-state index contributed by atoms with van der Waals surface area (Å²) in [6, 6.07) is 9.69. The first kappa shape index (κ1) is 8.69. The summed E-state index contributed by atoms with van der Waals surface area (Å²) in [4.78, 5) is 2.05. The van der Waals surface area contributed by atoms with Crippen LogP contribution in [0.5, 0.6) is 0 Å². The average molecular weight is 179 g/mol. The second kappa shape index (κ2) is 3.87. The highest BCUT2D eigenvalue weighted by Gasteiger charge is 2.18. The van der Waals surface area contributed by atoms with Crippen LogP contribution in [0.25, 0.3) is 0 Å².